The van der Waals surface area contributed by atoms with Crippen LogP contribution in [0.3, 0.4) is 0 Å². The van der Waals surface area contributed by atoms with Crippen molar-refractivity contribution < 1.29 is 4.79 Å². The Balaban J connectivity index is 0.00000128. The van der Waals surface area contributed by atoms with E-state index in [1.54, 1.807) is 12.1 Å². The van der Waals surface area contributed by atoms with Gasteiger partial charge in [0, 0.05) is 11.7 Å². The number of hydrogen-bond donors (Lipinski definition) is 2. The summed E-state index contributed by atoms with van der Waals surface area (Å²) in [4.78, 5) is 11.8. The van der Waals surface area contributed by atoms with Crippen LogP contribution in [0.5, 0.6) is 0 Å². The van der Waals surface area contributed by atoms with Crippen LogP contribution in [0, 0.1) is 0 Å². The Bertz CT molecular complexity index is 362. The lowest BCUT2D eigenvalue weighted by molar-refractivity contribution is 0.0939. The maximum absolute atomic E-state index is 11.8. The first kappa shape index (κ1) is 12.8. The van der Waals surface area contributed by atoms with Crippen LogP contribution >= 0.6 is 12.4 Å². The number of halogens is 1. The van der Waals surface area contributed by atoms with E-state index in [1.165, 1.54) is 12.8 Å². The third-order valence-corrected chi connectivity index (χ3v) is 2.90. The predicted octanol–water partition coefficient (Wildman–Crippen LogP) is 2.36. The van der Waals surface area contributed by atoms with E-state index in [-0.39, 0.29) is 18.3 Å². The fourth-order valence-corrected chi connectivity index (χ4v) is 2.04. The lowest BCUT2D eigenvalue weighted by atomic mass is 10.1. The Morgan fingerprint density at radius 1 is 1.25 bits per heavy atom. The molecule has 0 unspecified atom stereocenters. The van der Waals surface area contributed by atoms with Gasteiger partial charge in [-0.05, 0) is 25.0 Å². The average Bonchev–Trinajstić information content (AvgIpc) is 2.71. The average molecular weight is 241 g/mol. The number of nitrogens with two attached hydrogens (primary N) is 1. The second kappa shape index (κ2) is 5.75. The molecule has 2 rings (SSSR count). The van der Waals surface area contributed by atoms with Crippen LogP contribution in [0.1, 0.15) is 36.0 Å². The summed E-state index contributed by atoms with van der Waals surface area (Å²) >= 11 is 0. The fraction of sp³-hybridized carbons (Fsp3) is 0.417. The van der Waals surface area contributed by atoms with Gasteiger partial charge in [-0.2, -0.15) is 0 Å². The van der Waals surface area contributed by atoms with Crippen LogP contribution in [-0.4, -0.2) is 11.9 Å². The van der Waals surface area contributed by atoms with E-state index >= 15 is 0 Å². The van der Waals surface area contributed by atoms with Crippen molar-refractivity contribution in [3.63, 3.8) is 0 Å². The Morgan fingerprint density at radius 3 is 2.50 bits per heavy atom. The van der Waals surface area contributed by atoms with Crippen LogP contribution in [0.15, 0.2) is 24.3 Å². The molecule has 16 heavy (non-hydrogen) atoms. The Kier molecular flexibility index (Phi) is 4.62. The summed E-state index contributed by atoms with van der Waals surface area (Å²) in [6.07, 6.45) is 4.63. The van der Waals surface area contributed by atoms with Gasteiger partial charge in [0.1, 0.15) is 0 Å². The van der Waals surface area contributed by atoms with Crippen LogP contribution in [0.2, 0.25) is 0 Å². The van der Waals surface area contributed by atoms with Crippen LogP contribution in [-0.2, 0) is 0 Å². The topological polar surface area (TPSA) is 55.1 Å². The molecule has 3 N–H and O–H groups in total. The number of para-hydroxylation sites is 1. The van der Waals surface area contributed by atoms with Crippen molar-refractivity contribution >= 4 is 24.0 Å². The quantitative estimate of drug-likeness (QED) is 0.780. The van der Waals surface area contributed by atoms with Crippen molar-refractivity contribution in [2.45, 2.75) is 31.7 Å². The molecule has 4 heteroatoms. The van der Waals surface area contributed by atoms with Crippen molar-refractivity contribution in [2.24, 2.45) is 0 Å². The fourth-order valence-electron chi connectivity index (χ4n) is 2.04. The van der Waals surface area contributed by atoms with E-state index in [2.05, 4.69) is 5.32 Å². The minimum absolute atomic E-state index is 0. The van der Waals surface area contributed by atoms with E-state index in [4.69, 9.17) is 5.73 Å². The van der Waals surface area contributed by atoms with E-state index in [0.29, 0.717) is 17.3 Å². The zero-order chi connectivity index (χ0) is 10.7. The SMILES string of the molecule is Cl.Nc1ccccc1C(=O)NC1CCCC1. The summed E-state index contributed by atoms with van der Waals surface area (Å²) in [6, 6.07) is 7.53. The summed E-state index contributed by atoms with van der Waals surface area (Å²) in [5, 5.41) is 3.02. The lowest BCUT2D eigenvalue weighted by Gasteiger charge is -2.12. The molecule has 1 aliphatic rings. The first-order valence-corrected chi connectivity index (χ1v) is 5.43. The molecule has 0 heterocycles. The Hall–Kier alpha value is -1.22. The zero-order valence-corrected chi connectivity index (χ0v) is 9.93. The first-order chi connectivity index (χ1) is 7.27. The smallest absolute Gasteiger partial charge is 0.253 e. The third kappa shape index (κ3) is 2.89. The minimum Gasteiger partial charge on any atom is -0.398 e. The molecule has 3 nitrogen and oxygen atoms in total. The molecule has 1 saturated carbocycles. The van der Waals surface area contributed by atoms with Gasteiger partial charge in [0.25, 0.3) is 5.91 Å². The maximum Gasteiger partial charge on any atom is 0.253 e. The van der Waals surface area contributed by atoms with Crippen LogP contribution in [0.4, 0.5) is 5.69 Å². The van der Waals surface area contributed by atoms with E-state index in [9.17, 15) is 4.79 Å². The van der Waals surface area contributed by atoms with E-state index in [1.807, 2.05) is 12.1 Å². The van der Waals surface area contributed by atoms with Crippen molar-refractivity contribution in [3.05, 3.63) is 29.8 Å². The van der Waals surface area contributed by atoms with Gasteiger partial charge in [-0.1, -0.05) is 25.0 Å². The van der Waals surface area contributed by atoms with Gasteiger partial charge in [-0.25, -0.2) is 0 Å². The van der Waals surface area contributed by atoms with Crippen molar-refractivity contribution in [1.29, 1.82) is 0 Å². The molecule has 1 aliphatic carbocycles. The summed E-state index contributed by atoms with van der Waals surface area (Å²) in [5.41, 5.74) is 6.87. The molecule has 0 aromatic heterocycles. The normalized spacial score (nSPS) is 15.5. The molecular weight excluding hydrogens is 224 g/mol. The molecule has 1 fully saturated rings. The zero-order valence-electron chi connectivity index (χ0n) is 9.11. The molecule has 1 amide bonds. The number of nitrogens with one attached hydrogen (secondary N) is 1. The second-order valence-corrected chi connectivity index (χ2v) is 4.04. The highest BCUT2D eigenvalue weighted by Gasteiger charge is 2.18. The number of benzene rings is 1. The standard InChI is InChI=1S/C12H16N2O.ClH/c13-11-8-4-3-7-10(11)12(15)14-9-5-1-2-6-9;/h3-4,7-9H,1-2,5-6,13H2,(H,14,15);1H. The van der Waals surface area contributed by atoms with E-state index in [0.717, 1.165) is 12.8 Å². The maximum atomic E-state index is 11.8. The molecule has 1 aromatic rings. The van der Waals surface area contributed by atoms with E-state index < -0.39 is 0 Å². The number of carbonyl (C=O) groups is 1. The van der Waals surface area contributed by atoms with Crippen molar-refractivity contribution in [1.82, 2.24) is 5.32 Å². The molecule has 0 saturated heterocycles. The lowest BCUT2D eigenvalue weighted by Crippen LogP contribution is -2.32. The monoisotopic (exact) mass is 240 g/mol. The van der Waals surface area contributed by atoms with Crippen molar-refractivity contribution in [2.75, 3.05) is 5.73 Å². The van der Waals surface area contributed by atoms with Gasteiger partial charge in [0.15, 0.2) is 0 Å². The van der Waals surface area contributed by atoms with Gasteiger partial charge >= 0.3 is 0 Å². The second-order valence-electron chi connectivity index (χ2n) is 4.04. The molecule has 1 aromatic carbocycles. The summed E-state index contributed by atoms with van der Waals surface area (Å²) in [7, 11) is 0. The van der Waals surface area contributed by atoms with Gasteiger partial charge in [-0.15, -0.1) is 12.4 Å². The summed E-state index contributed by atoms with van der Waals surface area (Å²) < 4.78 is 0. The number of anilines is 1. The summed E-state index contributed by atoms with van der Waals surface area (Å²) in [5.74, 6) is -0.0417. The van der Waals surface area contributed by atoms with Gasteiger partial charge < -0.3 is 11.1 Å². The molecule has 0 atom stereocenters. The number of hydrogen-bond acceptors (Lipinski definition) is 2. The van der Waals surface area contributed by atoms with Crippen LogP contribution in [0.25, 0.3) is 0 Å². The number of amides is 1. The Morgan fingerprint density at radius 2 is 1.88 bits per heavy atom. The molecular formula is C12H17ClN2O. The largest absolute Gasteiger partial charge is 0.398 e. The predicted molar refractivity (Wildman–Crippen MR) is 67.8 cm³/mol. The van der Waals surface area contributed by atoms with Crippen LogP contribution < -0.4 is 11.1 Å². The van der Waals surface area contributed by atoms with Crippen molar-refractivity contribution in [3.8, 4) is 0 Å². The van der Waals surface area contributed by atoms with Gasteiger partial charge in [-0.3, -0.25) is 4.79 Å². The molecule has 0 spiro atoms. The molecule has 0 radical (unpaired) electrons. The number of rotatable bonds is 2. The molecule has 88 valence electrons. The number of nitrogen functional groups attached to an aromatic ring is 1. The highest BCUT2D eigenvalue weighted by molar-refractivity contribution is 5.99. The Labute approximate surface area is 102 Å². The summed E-state index contributed by atoms with van der Waals surface area (Å²) in [6.45, 7) is 0. The van der Waals surface area contributed by atoms with Gasteiger partial charge in [0.05, 0.1) is 5.56 Å². The first-order valence-electron chi connectivity index (χ1n) is 5.43. The minimum atomic E-state index is -0.0417. The molecule has 0 aliphatic heterocycles. The highest BCUT2D eigenvalue weighted by Crippen LogP contribution is 2.19. The number of carbonyl (C=O) groups excluding carboxylic acids is 1. The highest BCUT2D eigenvalue weighted by atomic mass is 35.5. The van der Waals surface area contributed by atoms with Gasteiger partial charge in [0.2, 0.25) is 0 Å². The molecule has 0 bridgehead atoms. The third-order valence-electron chi connectivity index (χ3n) is 2.90.